The summed E-state index contributed by atoms with van der Waals surface area (Å²) in [5, 5.41) is 10.5. The van der Waals surface area contributed by atoms with Gasteiger partial charge < -0.3 is 4.74 Å². The molecule has 0 unspecified atom stereocenters. The van der Waals surface area contributed by atoms with Gasteiger partial charge in [-0.1, -0.05) is 30.0 Å². The average molecular weight is 404 g/mol. The predicted octanol–water partition coefficient (Wildman–Crippen LogP) is 2.92. The van der Waals surface area contributed by atoms with Gasteiger partial charge in [0.2, 0.25) is 5.91 Å². The Bertz CT molecular complexity index is 949. The van der Waals surface area contributed by atoms with Crippen LogP contribution in [-0.4, -0.2) is 38.9 Å². The van der Waals surface area contributed by atoms with E-state index in [1.165, 1.54) is 30.6 Å². The van der Waals surface area contributed by atoms with Gasteiger partial charge in [-0.2, -0.15) is 8.78 Å². The number of para-hydroxylation sites is 1. The summed E-state index contributed by atoms with van der Waals surface area (Å²) >= 11 is 1.12. The van der Waals surface area contributed by atoms with E-state index in [4.69, 9.17) is 0 Å². The van der Waals surface area contributed by atoms with Crippen LogP contribution in [0, 0.1) is 0 Å². The van der Waals surface area contributed by atoms with Gasteiger partial charge in [-0.25, -0.2) is 0 Å². The molecule has 28 heavy (non-hydrogen) atoms. The van der Waals surface area contributed by atoms with Crippen LogP contribution in [0.4, 0.5) is 8.78 Å². The molecular formula is C18H14F2N4O3S. The first-order valence-electron chi connectivity index (χ1n) is 8.00. The number of nitrogens with one attached hydrogen (secondary N) is 1. The maximum atomic E-state index is 12.1. The molecule has 0 atom stereocenters. The Balaban J connectivity index is 1.55. The van der Waals surface area contributed by atoms with Gasteiger partial charge in [-0.05, 0) is 36.4 Å². The third-order valence-corrected chi connectivity index (χ3v) is 4.42. The Morgan fingerprint density at radius 2 is 1.82 bits per heavy atom. The number of aromatic nitrogens is 3. The Morgan fingerprint density at radius 1 is 1.11 bits per heavy atom. The first kappa shape index (κ1) is 19.5. The third kappa shape index (κ3) is 5.13. The minimum absolute atomic E-state index is 0.0517. The van der Waals surface area contributed by atoms with Crippen LogP contribution in [0.1, 0.15) is 10.4 Å². The molecule has 0 aliphatic rings. The van der Waals surface area contributed by atoms with Gasteiger partial charge in [0.1, 0.15) is 12.1 Å². The van der Waals surface area contributed by atoms with E-state index in [-0.39, 0.29) is 17.1 Å². The molecule has 0 spiro atoms. The van der Waals surface area contributed by atoms with Crippen molar-refractivity contribution in [3.05, 3.63) is 66.5 Å². The quantitative estimate of drug-likeness (QED) is 0.610. The number of alkyl halides is 2. The molecule has 0 radical (unpaired) electrons. The first-order valence-corrected chi connectivity index (χ1v) is 8.99. The number of ether oxygens (including phenoxy) is 1. The van der Waals surface area contributed by atoms with Gasteiger partial charge >= 0.3 is 6.61 Å². The van der Waals surface area contributed by atoms with E-state index in [2.05, 4.69) is 20.3 Å². The Morgan fingerprint density at radius 3 is 2.50 bits per heavy atom. The maximum absolute atomic E-state index is 12.1. The summed E-state index contributed by atoms with van der Waals surface area (Å²) in [6, 6.07) is 14.4. The highest BCUT2D eigenvalue weighted by Gasteiger charge is 2.14. The highest BCUT2D eigenvalue weighted by atomic mass is 32.2. The van der Waals surface area contributed by atoms with Crippen molar-refractivity contribution in [1.29, 1.82) is 0 Å². The maximum Gasteiger partial charge on any atom is 0.387 e. The topological polar surface area (TPSA) is 86.1 Å². The lowest BCUT2D eigenvalue weighted by molar-refractivity contribution is -0.117. The molecule has 10 heteroatoms. The number of amides is 2. The van der Waals surface area contributed by atoms with Gasteiger partial charge in [0.05, 0.1) is 5.75 Å². The van der Waals surface area contributed by atoms with Gasteiger partial charge in [0.15, 0.2) is 5.16 Å². The minimum Gasteiger partial charge on any atom is -0.435 e. The molecule has 7 nitrogen and oxygen atoms in total. The zero-order chi connectivity index (χ0) is 19.9. The third-order valence-electron chi connectivity index (χ3n) is 3.48. The van der Waals surface area contributed by atoms with Crippen molar-refractivity contribution < 1.29 is 23.1 Å². The molecule has 144 valence electrons. The van der Waals surface area contributed by atoms with Crippen molar-refractivity contribution in [2.75, 3.05) is 5.75 Å². The highest BCUT2D eigenvalue weighted by Crippen LogP contribution is 2.19. The van der Waals surface area contributed by atoms with Gasteiger partial charge in [0.25, 0.3) is 5.91 Å². The zero-order valence-corrected chi connectivity index (χ0v) is 15.1. The number of hydrogen-bond donors (Lipinski definition) is 1. The minimum atomic E-state index is -2.95. The normalized spacial score (nSPS) is 10.7. The van der Waals surface area contributed by atoms with Crippen LogP contribution in [-0.2, 0) is 4.79 Å². The second kappa shape index (κ2) is 9.09. The van der Waals surface area contributed by atoms with E-state index in [0.717, 1.165) is 17.4 Å². The van der Waals surface area contributed by atoms with Crippen LogP contribution in [0.5, 0.6) is 5.75 Å². The van der Waals surface area contributed by atoms with Crippen molar-refractivity contribution in [2.24, 2.45) is 0 Å². The van der Waals surface area contributed by atoms with Gasteiger partial charge in [-0.3, -0.25) is 19.5 Å². The van der Waals surface area contributed by atoms with Crippen molar-refractivity contribution in [3.8, 4) is 11.4 Å². The number of carbonyl (C=O) groups excluding carboxylic acids is 2. The number of halogens is 2. The molecule has 0 saturated carbocycles. The molecule has 1 N–H and O–H groups in total. The SMILES string of the molecule is O=C(CSc1nncn1-c1ccccc1)NC(=O)c1ccc(OC(F)F)cc1. The number of nitrogens with zero attached hydrogens (tertiary/aromatic N) is 3. The average Bonchev–Trinajstić information content (AvgIpc) is 3.16. The fourth-order valence-corrected chi connectivity index (χ4v) is 2.97. The fourth-order valence-electron chi connectivity index (χ4n) is 2.24. The van der Waals surface area contributed by atoms with Crippen LogP contribution in [0.3, 0.4) is 0 Å². The summed E-state index contributed by atoms with van der Waals surface area (Å²) in [6.45, 7) is -2.95. The summed E-state index contributed by atoms with van der Waals surface area (Å²) < 4.78 is 30.2. The highest BCUT2D eigenvalue weighted by molar-refractivity contribution is 7.99. The second-order valence-corrected chi connectivity index (χ2v) is 6.33. The molecule has 2 amide bonds. The smallest absolute Gasteiger partial charge is 0.387 e. The summed E-state index contributed by atoms with van der Waals surface area (Å²) in [4.78, 5) is 24.1. The number of rotatable bonds is 7. The lowest BCUT2D eigenvalue weighted by Crippen LogP contribution is -2.31. The molecule has 0 bridgehead atoms. The van der Waals surface area contributed by atoms with E-state index in [1.54, 1.807) is 4.57 Å². The number of benzene rings is 2. The molecular weight excluding hydrogens is 390 g/mol. The summed E-state index contributed by atoms with van der Waals surface area (Å²) in [7, 11) is 0. The molecule has 1 heterocycles. The standard InChI is InChI=1S/C18H14F2N4O3S/c19-17(20)27-14-8-6-12(7-9-14)16(26)22-15(25)10-28-18-23-21-11-24(18)13-4-2-1-3-5-13/h1-9,11,17H,10H2,(H,22,25,26). The van der Waals surface area contributed by atoms with E-state index in [9.17, 15) is 18.4 Å². The van der Waals surface area contributed by atoms with Crippen LogP contribution >= 0.6 is 11.8 Å². The summed E-state index contributed by atoms with van der Waals surface area (Å²) in [6.07, 6.45) is 1.53. The van der Waals surface area contributed by atoms with E-state index >= 15 is 0 Å². The summed E-state index contributed by atoms with van der Waals surface area (Å²) in [5.41, 5.74) is 0.991. The van der Waals surface area contributed by atoms with Crippen molar-refractivity contribution in [3.63, 3.8) is 0 Å². The Labute approximate surface area is 162 Å². The Kier molecular flexibility index (Phi) is 6.33. The van der Waals surface area contributed by atoms with E-state index in [0.29, 0.717) is 5.16 Å². The lowest BCUT2D eigenvalue weighted by Gasteiger charge is -2.07. The molecule has 0 saturated heterocycles. The van der Waals surface area contributed by atoms with Crippen LogP contribution in [0.2, 0.25) is 0 Å². The van der Waals surface area contributed by atoms with E-state index < -0.39 is 18.4 Å². The first-order chi connectivity index (χ1) is 13.5. The van der Waals surface area contributed by atoms with Gasteiger partial charge in [0, 0.05) is 11.3 Å². The van der Waals surface area contributed by atoms with Gasteiger partial charge in [-0.15, -0.1) is 10.2 Å². The monoisotopic (exact) mass is 404 g/mol. The Hall–Kier alpha value is -3.27. The summed E-state index contributed by atoms with van der Waals surface area (Å²) in [5.74, 6) is -1.29. The van der Waals surface area contributed by atoms with Crippen molar-refractivity contribution in [2.45, 2.75) is 11.8 Å². The molecule has 0 aliphatic carbocycles. The second-order valence-electron chi connectivity index (χ2n) is 5.39. The van der Waals surface area contributed by atoms with E-state index in [1.807, 2.05) is 30.3 Å². The molecule has 2 aromatic carbocycles. The molecule has 3 rings (SSSR count). The van der Waals surface area contributed by atoms with Crippen molar-refractivity contribution in [1.82, 2.24) is 20.1 Å². The lowest BCUT2D eigenvalue weighted by atomic mass is 10.2. The molecule has 3 aromatic rings. The molecule has 1 aromatic heterocycles. The van der Waals surface area contributed by atoms with Crippen molar-refractivity contribution >= 4 is 23.6 Å². The number of thioether (sulfide) groups is 1. The molecule has 0 fully saturated rings. The largest absolute Gasteiger partial charge is 0.435 e. The zero-order valence-electron chi connectivity index (χ0n) is 14.3. The number of imide groups is 1. The molecule has 0 aliphatic heterocycles. The van der Waals surface area contributed by atoms with Crippen LogP contribution < -0.4 is 10.1 Å². The van der Waals surface area contributed by atoms with Crippen LogP contribution in [0.25, 0.3) is 5.69 Å². The number of carbonyl (C=O) groups is 2. The van der Waals surface area contributed by atoms with Crippen LogP contribution in [0.15, 0.2) is 66.1 Å². The number of hydrogen-bond acceptors (Lipinski definition) is 6. The fraction of sp³-hybridized carbons (Fsp3) is 0.111. The predicted molar refractivity (Wildman–Crippen MR) is 97.6 cm³/mol.